The Labute approximate surface area is 126 Å². The first-order valence-electron chi connectivity index (χ1n) is 7.15. The van der Waals surface area contributed by atoms with E-state index in [2.05, 4.69) is 0 Å². The van der Waals surface area contributed by atoms with Gasteiger partial charge in [-0.2, -0.15) is 0 Å². The second-order valence-electron chi connectivity index (χ2n) is 5.97. The van der Waals surface area contributed by atoms with Crippen molar-refractivity contribution in [2.24, 2.45) is 0 Å². The Bertz CT molecular complexity index is 696. The van der Waals surface area contributed by atoms with E-state index < -0.39 is 17.3 Å². The number of carbonyl (C=O) groups is 1. The standard InChI is InChI=1S/C16H16O6/c1-20-10-2-3-11-12(7-10)22-14-15(18)5-4-9(17)6-13(15)21-8-16(11,14)19/h2-3,6-7,14,18-19H,4-5,8H2,1H3. The van der Waals surface area contributed by atoms with E-state index in [1.165, 1.54) is 6.08 Å². The van der Waals surface area contributed by atoms with Gasteiger partial charge in [-0.15, -0.1) is 0 Å². The van der Waals surface area contributed by atoms with Crippen molar-refractivity contribution >= 4 is 5.78 Å². The van der Waals surface area contributed by atoms with E-state index in [1.54, 1.807) is 25.3 Å². The molecule has 0 spiro atoms. The molecule has 22 heavy (non-hydrogen) atoms. The number of fused-ring (bicyclic) bond motifs is 5. The van der Waals surface area contributed by atoms with Crippen LogP contribution < -0.4 is 9.47 Å². The summed E-state index contributed by atoms with van der Waals surface area (Å²) < 4.78 is 16.5. The van der Waals surface area contributed by atoms with Crippen molar-refractivity contribution in [1.82, 2.24) is 0 Å². The van der Waals surface area contributed by atoms with Crippen molar-refractivity contribution in [2.45, 2.75) is 30.1 Å². The Morgan fingerprint density at radius 1 is 1.32 bits per heavy atom. The van der Waals surface area contributed by atoms with E-state index >= 15 is 0 Å². The van der Waals surface area contributed by atoms with Crippen LogP contribution >= 0.6 is 0 Å². The normalized spacial score (nSPS) is 35.5. The average molecular weight is 304 g/mol. The molecule has 2 N–H and O–H groups in total. The number of ether oxygens (including phenoxy) is 3. The third kappa shape index (κ3) is 1.59. The molecule has 6 heteroatoms. The summed E-state index contributed by atoms with van der Waals surface area (Å²) in [7, 11) is 1.54. The summed E-state index contributed by atoms with van der Waals surface area (Å²) in [5, 5.41) is 22.0. The molecule has 1 aromatic rings. The summed E-state index contributed by atoms with van der Waals surface area (Å²) >= 11 is 0. The van der Waals surface area contributed by atoms with Crippen molar-refractivity contribution in [1.29, 1.82) is 0 Å². The molecule has 116 valence electrons. The second-order valence-corrected chi connectivity index (χ2v) is 5.97. The van der Waals surface area contributed by atoms with Crippen molar-refractivity contribution in [3.8, 4) is 11.5 Å². The maximum Gasteiger partial charge on any atom is 0.171 e. The molecule has 1 fully saturated rings. The molecule has 2 aliphatic heterocycles. The summed E-state index contributed by atoms with van der Waals surface area (Å²) in [6.07, 6.45) is 0.750. The molecule has 4 rings (SSSR count). The van der Waals surface area contributed by atoms with Crippen LogP contribution in [0.5, 0.6) is 11.5 Å². The highest BCUT2D eigenvalue weighted by atomic mass is 16.6. The Morgan fingerprint density at radius 2 is 2.14 bits per heavy atom. The van der Waals surface area contributed by atoms with Gasteiger partial charge in [0.15, 0.2) is 23.1 Å². The zero-order valence-electron chi connectivity index (χ0n) is 12.0. The van der Waals surface area contributed by atoms with Gasteiger partial charge in [-0.05, 0) is 18.6 Å². The Kier molecular flexibility index (Phi) is 2.62. The molecule has 0 amide bonds. The van der Waals surface area contributed by atoms with E-state index in [0.29, 0.717) is 17.1 Å². The second kappa shape index (κ2) is 4.24. The highest BCUT2D eigenvalue weighted by Crippen LogP contribution is 2.53. The number of carbonyl (C=O) groups excluding carboxylic acids is 1. The molecule has 1 saturated heterocycles. The minimum Gasteiger partial charge on any atom is -0.497 e. The number of hydrogen-bond acceptors (Lipinski definition) is 6. The van der Waals surface area contributed by atoms with Crippen molar-refractivity contribution in [3.05, 3.63) is 35.6 Å². The maximum atomic E-state index is 11.5. The number of hydrogen-bond donors (Lipinski definition) is 2. The van der Waals surface area contributed by atoms with Crippen LogP contribution in [0.25, 0.3) is 0 Å². The van der Waals surface area contributed by atoms with Crippen molar-refractivity contribution < 1.29 is 29.2 Å². The van der Waals surface area contributed by atoms with Gasteiger partial charge in [0.1, 0.15) is 23.9 Å². The van der Waals surface area contributed by atoms with Crippen molar-refractivity contribution in [2.75, 3.05) is 13.7 Å². The predicted molar refractivity (Wildman–Crippen MR) is 74.5 cm³/mol. The van der Waals surface area contributed by atoms with Gasteiger partial charge >= 0.3 is 0 Å². The van der Waals surface area contributed by atoms with Gasteiger partial charge in [0.05, 0.1) is 7.11 Å². The third-order valence-corrected chi connectivity index (χ3v) is 4.69. The van der Waals surface area contributed by atoms with Crippen LogP contribution in [0.4, 0.5) is 0 Å². The first kappa shape index (κ1) is 13.6. The molecule has 0 saturated carbocycles. The van der Waals surface area contributed by atoms with Gasteiger partial charge < -0.3 is 24.4 Å². The lowest BCUT2D eigenvalue weighted by atomic mass is 9.73. The fourth-order valence-corrected chi connectivity index (χ4v) is 3.49. The first-order chi connectivity index (χ1) is 10.5. The number of methoxy groups -OCH3 is 1. The van der Waals surface area contributed by atoms with E-state index in [1.807, 2.05) is 0 Å². The zero-order valence-corrected chi connectivity index (χ0v) is 12.0. The van der Waals surface area contributed by atoms with Gasteiger partial charge in [-0.25, -0.2) is 0 Å². The molecule has 2 heterocycles. The van der Waals surface area contributed by atoms with Gasteiger partial charge in [0, 0.05) is 24.1 Å². The van der Waals surface area contributed by atoms with Crippen LogP contribution in [-0.2, 0) is 15.1 Å². The number of benzene rings is 1. The first-order valence-corrected chi connectivity index (χ1v) is 7.15. The molecule has 0 radical (unpaired) electrons. The van der Waals surface area contributed by atoms with Crippen LogP contribution in [-0.4, -0.2) is 41.4 Å². The smallest absolute Gasteiger partial charge is 0.171 e. The van der Waals surface area contributed by atoms with Crippen LogP contribution in [0.15, 0.2) is 30.0 Å². The molecule has 3 atom stereocenters. The van der Waals surface area contributed by atoms with E-state index in [0.717, 1.165) is 0 Å². The largest absolute Gasteiger partial charge is 0.497 e. The fraction of sp³-hybridized carbons (Fsp3) is 0.438. The van der Waals surface area contributed by atoms with Crippen LogP contribution in [0, 0.1) is 0 Å². The Balaban J connectivity index is 1.82. The van der Waals surface area contributed by atoms with Crippen LogP contribution in [0.1, 0.15) is 18.4 Å². The Hall–Kier alpha value is -2.05. The summed E-state index contributed by atoms with van der Waals surface area (Å²) in [4.78, 5) is 11.5. The zero-order chi connectivity index (χ0) is 15.5. The van der Waals surface area contributed by atoms with Gasteiger partial charge in [-0.3, -0.25) is 4.79 Å². The molecule has 1 aromatic carbocycles. The molecular formula is C16H16O6. The molecule has 1 aliphatic carbocycles. The Morgan fingerprint density at radius 3 is 2.91 bits per heavy atom. The summed E-state index contributed by atoms with van der Waals surface area (Å²) in [5.74, 6) is 1.14. The number of aliphatic hydroxyl groups is 2. The lowest BCUT2D eigenvalue weighted by Crippen LogP contribution is -2.62. The monoisotopic (exact) mass is 304 g/mol. The molecular weight excluding hydrogens is 288 g/mol. The number of ketones is 1. The molecule has 6 nitrogen and oxygen atoms in total. The van der Waals surface area contributed by atoms with Crippen LogP contribution in [0.2, 0.25) is 0 Å². The van der Waals surface area contributed by atoms with Gasteiger partial charge in [0.25, 0.3) is 0 Å². The average Bonchev–Trinajstić information content (AvgIpc) is 2.82. The summed E-state index contributed by atoms with van der Waals surface area (Å²) in [6, 6.07) is 5.11. The third-order valence-electron chi connectivity index (χ3n) is 4.69. The van der Waals surface area contributed by atoms with Gasteiger partial charge in [-0.1, -0.05) is 0 Å². The highest BCUT2D eigenvalue weighted by molar-refractivity contribution is 5.91. The fourth-order valence-electron chi connectivity index (χ4n) is 3.49. The van der Waals surface area contributed by atoms with Gasteiger partial charge in [0.2, 0.25) is 0 Å². The van der Waals surface area contributed by atoms with Crippen LogP contribution in [0.3, 0.4) is 0 Å². The minimum atomic E-state index is -1.51. The lowest BCUT2D eigenvalue weighted by Gasteiger charge is -2.46. The molecule has 0 aromatic heterocycles. The van der Waals surface area contributed by atoms with E-state index in [4.69, 9.17) is 14.2 Å². The topological polar surface area (TPSA) is 85.2 Å². The predicted octanol–water partition coefficient (Wildman–Crippen LogP) is 0.652. The van der Waals surface area contributed by atoms with Crippen molar-refractivity contribution in [3.63, 3.8) is 0 Å². The highest BCUT2D eigenvalue weighted by Gasteiger charge is 2.64. The quantitative estimate of drug-likeness (QED) is 0.792. The lowest BCUT2D eigenvalue weighted by molar-refractivity contribution is -0.207. The number of rotatable bonds is 1. The molecule has 3 unspecified atom stereocenters. The molecule has 3 aliphatic rings. The summed E-state index contributed by atoms with van der Waals surface area (Å²) in [5.41, 5.74) is -2.40. The maximum absolute atomic E-state index is 11.5. The number of allylic oxidation sites excluding steroid dienone is 1. The summed E-state index contributed by atoms with van der Waals surface area (Å²) in [6.45, 7) is -0.0710. The SMILES string of the molecule is COc1ccc2c(c1)OC1C3(O)CCC(=O)C=C3OCC21O. The minimum absolute atomic E-state index is 0.0710. The van der Waals surface area contributed by atoms with E-state index in [9.17, 15) is 15.0 Å². The van der Waals surface area contributed by atoms with E-state index in [-0.39, 0.29) is 31.0 Å². The molecule has 0 bridgehead atoms.